The maximum atomic E-state index is 11.9. The van der Waals surface area contributed by atoms with Crippen molar-refractivity contribution in [1.82, 2.24) is 10.0 Å². The number of amides is 3. The monoisotopic (exact) mass is 312 g/mol. The number of sulfonamides is 1. The van der Waals surface area contributed by atoms with E-state index in [1.54, 1.807) is 12.1 Å². The molecule has 0 saturated carbocycles. The molecule has 7 heteroatoms. The molecule has 0 aromatic heterocycles. The number of benzene rings is 1. The summed E-state index contributed by atoms with van der Waals surface area (Å²) in [5.41, 5.74) is 0.907. The van der Waals surface area contributed by atoms with E-state index in [0.717, 1.165) is 18.4 Å². The molecule has 0 unspecified atom stereocenters. The van der Waals surface area contributed by atoms with Crippen LogP contribution in [0.5, 0.6) is 0 Å². The van der Waals surface area contributed by atoms with Crippen molar-refractivity contribution in [3.63, 3.8) is 0 Å². The fourth-order valence-electron chi connectivity index (χ4n) is 1.65. The lowest BCUT2D eigenvalue weighted by Gasteiger charge is -2.08. The standard InChI is InChI=1S/C14H20N2O4S/c1-3-4-5-6-13(17)15-14(18)16-21(19,20)12-9-7-11(2)8-10-12/h7-10H,3-6H2,1-2H3,(H2,15,16,17,18). The van der Waals surface area contributed by atoms with E-state index in [-0.39, 0.29) is 11.3 Å². The van der Waals surface area contributed by atoms with Crippen LogP contribution in [0.15, 0.2) is 29.2 Å². The largest absolute Gasteiger partial charge is 0.335 e. The van der Waals surface area contributed by atoms with Gasteiger partial charge in [-0.2, -0.15) is 0 Å². The summed E-state index contributed by atoms with van der Waals surface area (Å²) in [6.07, 6.45) is 2.71. The van der Waals surface area contributed by atoms with Gasteiger partial charge in [-0.3, -0.25) is 10.1 Å². The molecule has 0 fully saturated rings. The number of hydrogen-bond donors (Lipinski definition) is 2. The fourth-order valence-corrected chi connectivity index (χ4v) is 2.56. The molecule has 1 aromatic carbocycles. The molecule has 116 valence electrons. The Hall–Kier alpha value is -1.89. The second-order valence-corrected chi connectivity index (χ2v) is 6.44. The maximum Gasteiger partial charge on any atom is 0.335 e. The molecule has 0 radical (unpaired) electrons. The Morgan fingerprint density at radius 2 is 1.71 bits per heavy atom. The minimum Gasteiger partial charge on any atom is -0.277 e. The molecule has 0 spiro atoms. The summed E-state index contributed by atoms with van der Waals surface area (Å²) in [6, 6.07) is 5.02. The molecule has 0 aliphatic carbocycles. The number of unbranched alkanes of at least 4 members (excludes halogenated alkanes) is 2. The molecule has 0 aliphatic heterocycles. The summed E-state index contributed by atoms with van der Waals surface area (Å²) in [4.78, 5) is 22.9. The number of nitrogens with one attached hydrogen (secondary N) is 2. The Morgan fingerprint density at radius 1 is 1.10 bits per heavy atom. The minimum absolute atomic E-state index is 0.0262. The zero-order valence-electron chi connectivity index (χ0n) is 12.2. The van der Waals surface area contributed by atoms with E-state index in [4.69, 9.17) is 0 Å². The lowest BCUT2D eigenvalue weighted by atomic mass is 10.2. The van der Waals surface area contributed by atoms with E-state index in [0.29, 0.717) is 6.42 Å². The molecule has 1 aromatic rings. The van der Waals surface area contributed by atoms with E-state index in [9.17, 15) is 18.0 Å². The SMILES string of the molecule is CCCCCC(=O)NC(=O)NS(=O)(=O)c1ccc(C)cc1. The summed E-state index contributed by atoms with van der Waals surface area (Å²) >= 11 is 0. The van der Waals surface area contributed by atoms with Crippen molar-refractivity contribution in [2.75, 3.05) is 0 Å². The Labute approximate surface area is 125 Å². The van der Waals surface area contributed by atoms with Crippen LogP contribution in [0.4, 0.5) is 4.79 Å². The van der Waals surface area contributed by atoms with Crippen LogP contribution >= 0.6 is 0 Å². The van der Waals surface area contributed by atoms with E-state index >= 15 is 0 Å². The van der Waals surface area contributed by atoms with Crippen LogP contribution < -0.4 is 10.0 Å². The molecule has 0 heterocycles. The van der Waals surface area contributed by atoms with E-state index < -0.39 is 22.0 Å². The van der Waals surface area contributed by atoms with Crippen molar-refractivity contribution >= 4 is 22.0 Å². The van der Waals surface area contributed by atoms with Gasteiger partial charge in [0, 0.05) is 6.42 Å². The van der Waals surface area contributed by atoms with Gasteiger partial charge < -0.3 is 0 Å². The third-order valence-electron chi connectivity index (χ3n) is 2.82. The number of carbonyl (C=O) groups excluding carboxylic acids is 2. The highest BCUT2D eigenvalue weighted by molar-refractivity contribution is 7.90. The van der Waals surface area contributed by atoms with Crippen LogP contribution in [0.1, 0.15) is 38.2 Å². The van der Waals surface area contributed by atoms with Gasteiger partial charge in [0.05, 0.1) is 4.90 Å². The smallest absolute Gasteiger partial charge is 0.277 e. The van der Waals surface area contributed by atoms with Crippen molar-refractivity contribution in [3.05, 3.63) is 29.8 Å². The third kappa shape index (κ3) is 5.95. The highest BCUT2D eigenvalue weighted by Gasteiger charge is 2.18. The number of carbonyl (C=O) groups is 2. The van der Waals surface area contributed by atoms with Gasteiger partial charge in [-0.05, 0) is 25.5 Å². The van der Waals surface area contributed by atoms with Crippen LogP contribution in [0, 0.1) is 6.92 Å². The maximum absolute atomic E-state index is 11.9. The number of aryl methyl sites for hydroxylation is 1. The van der Waals surface area contributed by atoms with Gasteiger partial charge in [0.2, 0.25) is 5.91 Å². The zero-order chi connectivity index (χ0) is 15.9. The van der Waals surface area contributed by atoms with E-state index in [2.05, 4.69) is 0 Å². The molecule has 0 atom stereocenters. The first-order valence-electron chi connectivity index (χ1n) is 6.78. The molecule has 6 nitrogen and oxygen atoms in total. The van der Waals surface area contributed by atoms with Gasteiger partial charge in [-0.25, -0.2) is 17.9 Å². The Kier molecular flexibility index (Phi) is 6.36. The number of urea groups is 1. The first kappa shape index (κ1) is 17.2. The molecule has 3 amide bonds. The van der Waals surface area contributed by atoms with Crippen LogP contribution in [0.25, 0.3) is 0 Å². The molecule has 2 N–H and O–H groups in total. The summed E-state index contributed by atoms with van der Waals surface area (Å²) < 4.78 is 25.6. The lowest BCUT2D eigenvalue weighted by Crippen LogP contribution is -2.42. The highest BCUT2D eigenvalue weighted by atomic mass is 32.2. The Morgan fingerprint density at radius 3 is 2.29 bits per heavy atom. The second-order valence-electron chi connectivity index (χ2n) is 4.75. The number of rotatable bonds is 6. The molecule has 21 heavy (non-hydrogen) atoms. The average Bonchev–Trinajstić information content (AvgIpc) is 2.38. The van der Waals surface area contributed by atoms with Crippen molar-refractivity contribution < 1.29 is 18.0 Å². The van der Waals surface area contributed by atoms with Crippen molar-refractivity contribution in [2.24, 2.45) is 0 Å². The van der Waals surface area contributed by atoms with Crippen LogP contribution in [-0.4, -0.2) is 20.4 Å². The first-order chi connectivity index (χ1) is 9.85. The van der Waals surface area contributed by atoms with Crippen LogP contribution in [0.2, 0.25) is 0 Å². The van der Waals surface area contributed by atoms with Crippen molar-refractivity contribution in [2.45, 2.75) is 44.4 Å². The van der Waals surface area contributed by atoms with Crippen LogP contribution in [-0.2, 0) is 14.8 Å². The summed E-state index contributed by atoms with van der Waals surface area (Å²) in [5, 5.41) is 2.01. The van der Waals surface area contributed by atoms with E-state index in [1.807, 2.05) is 23.9 Å². The van der Waals surface area contributed by atoms with Crippen molar-refractivity contribution in [1.29, 1.82) is 0 Å². The van der Waals surface area contributed by atoms with E-state index in [1.165, 1.54) is 12.1 Å². The van der Waals surface area contributed by atoms with Gasteiger partial charge in [-0.15, -0.1) is 0 Å². The van der Waals surface area contributed by atoms with Gasteiger partial charge in [0.15, 0.2) is 0 Å². The average molecular weight is 312 g/mol. The molecule has 0 bridgehead atoms. The van der Waals surface area contributed by atoms with Crippen LogP contribution in [0.3, 0.4) is 0 Å². The highest BCUT2D eigenvalue weighted by Crippen LogP contribution is 2.09. The lowest BCUT2D eigenvalue weighted by molar-refractivity contribution is -0.120. The normalized spacial score (nSPS) is 11.0. The topological polar surface area (TPSA) is 92.3 Å². The molecular formula is C14H20N2O4S. The van der Waals surface area contributed by atoms with Gasteiger partial charge in [-0.1, -0.05) is 37.5 Å². The summed E-state index contributed by atoms with van der Waals surface area (Å²) in [7, 11) is -3.96. The summed E-state index contributed by atoms with van der Waals surface area (Å²) in [5.74, 6) is -0.486. The molecule has 0 aliphatic rings. The quantitative estimate of drug-likeness (QED) is 0.787. The zero-order valence-corrected chi connectivity index (χ0v) is 13.0. The predicted octanol–water partition coefficient (Wildman–Crippen LogP) is 2.09. The fraction of sp³-hybridized carbons (Fsp3) is 0.429. The minimum atomic E-state index is -3.96. The first-order valence-corrected chi connectivity index (χ1v) is 8.27. The molecular weight excluding hydrogens is 292 g/mol. The second kappa shape index (κ2) is 7.78. The van der Waals surface area contributed by atoms with Gasteiger partial charge >= 0.3 is 6.03 Å². The van der Waals surface area contributed by atoms with Gasteiger partial charge in [0.1, 0.15) is 0 Å². The Balaban J connectivity index is 2.57. The number of imide groups is 1. The number of hydrogen-bond acceptors (Lipinski definition) is 4. The van der Waals surface area contributed by atoms with Gasteiger partial charge in [0.25, 0.3) is 10.0 Å². The molecule has 0 saturated heterocycles. The third-order valence-corrected chi connectivity index (χ3v) is 4.17. The van der Waals surface area contributed by atoms with Crippen molar-refractivity contribution in [3.8, 4) is 0 Å². The summed E-state index contributed by atoms with van der Waals surface area (Å²) in [6.45, 7) is 3.82. The molecule has 1 rings (SSSR count). The predicted molar refractivity (Wildman–Crippen MR) is 79.2 cm³/mol. The Bertz CT molecular complexity index is 594.